The van der Waals surface area contributed by atoms with E-state index < -0.39 is 24.4 Å². The van der Waals surface area contributed by atoms with E-state index in [4.69, 9.17) is 0 Å². The van der Waals surface area contributed by atoms with Gasteiger partial charge in [-0.05, 0) is 25.5 Å². The molecule has 2 aliphatic rings. The molecule has 0 saturated carbocycles. The molecule has 2 fully saturated rings. The fourth-order valence-electron chi connectivity index (χ4n) is 3.61. The zero-order valence-electron chi connectivity index (χ0n) is 13.0. The molecule has 124 valence electrons. The highest BCUT2D eigenvalue weighted by Gasteiger charge is 2.50. The molecule has 2 aliphatic heterocycles. The van der Waals surface area contributed by atoms with E-state index in [9.17, 15) is 18.4 Å². The molecule has 23 heavy (non-hydrogen) atoms. The molecule has 2 unspecified atom stereocenters. The van der Waals surface area contributed by atoms with Crippen molar-refractivity contribution < 1.29 is 18.4 Å². The van der Waals surface area contributed by atoms with Crippen LogP contribution in [-0.4, -0.2) is 53.2 Å². The Bertz CT molecular complexity index is 606. The molecule has 6 heteroatoms. The SMILES string of the molecule is CCN1C(=O)CC(N2CCC(c3ccccc3)C(F)(F)C2)C1=O. The van der Waals surface area contributed by atoms with E-state index in [0.29, 0.717) is 18.7 Å². The number of carbonyl (C=O) groups excluding carboxylic acids is 2. The molecule has 2 amide bonds. The minimum atomic E-state index is -2.91. The molecular formula is C17H20F2N2O2. The lowest BCUT2D eigenvalue weighted by Crippen LogP contribution is -2.53. The van der Waals surface area contributed by atoms with Gasteiger partial charge in [-0.25, -0.2) is 8.78 Å². The van der Waals surface area contributed by atoms with Gasteiger partial charge in [0.05, 0.1) is 24.9 Å². The van der Waals surface area contributed by atoms with Crippen LogP contribution in [0.3, 0.4) is 0 Å². The number of rotatable bonds is 3. The molecule has 2 saturated heterocycles. The highest BCUT2D eigenvalue weighted by atomic mass is 19.3. The molecule has 0 bridgehead atoms. The Balaban J connectivity index is 1.75. The molecule has 3 rings (SSSR count). The maximum absolute atomic E-state index is 14.6. The van der Waals surface area contributed by atoms with Crippen molar-refractivity contribution in [2.45, 2.75) is 37.6 Å². The van der Waals surface area contributed by atoms with Crippen LogP contribution in [0, 0.1) is 0 Å². The third-order valence-electron chi connectivity index (χ3n) is 4.81. The van der Waals surface area contributed by atoms with Crippen LogP contribution < -0.4 is 0 Å². The summed E-state index contributed by atoms with van der Waals surface area (Å²) in [6.07, 6.45) is 0.292. The number of alkyl halides is 2. The fraction of sp³-hybridized carbons (Fsp3) is 0.529. The second-order valence-electron chi connectivity index (χ2n) is 6.18. The second-order valence-corrected chi connectivity index (χ2v) is 6.18. The molecule has 1 aromatic rings. The van der Waals surface area contributed by atoms with Crippen molar-refractivity contribution in [2.75, 3.05) is 19.6 Å². The van der Waals surface area contributed by atoms with Gasteiger partial charge in [-0.15, -0.1) is 0 Å². The Labute approximate surface area is 134 Å². The maximum atomic E-state index is 14.6. The normalized spacial score (nSPS) is 28.4. The van der Waals surface area contributed by atoms with E-state index in [1.54, 1.807) is 37.3 Å². The van der Waals surface area contributed by atoms with Crippen molar-refractivity contribution in [3.8, 4) is 0 Å². The molecule has 0 N–H and O–H groups in total. The summed E-state index contributed by atoms with van der Waals surface area (Å²) in [7, 11) is 0. The summed E-state index contributed by atoms with van der Waals surface area (Å²) in [5.41, 5.74) is 0.626. The lowest BCUT2D eigenvalue weighted by Gasteiger charge is -2.40. The fourth-order valence-corrected chi connectivity index (χ4v) is 3.61. The first-order valence-corrected chi connectivity index (χ1v) is 7.95. The smallest absolute Gasteiger partial charge is 0.267 e. The third-order valence-corrected chi connectivity index (χ3v) is 4.81. The van der Waals surface area contributed by atoms with Gasteiger partial charge < -0.3 is 0 Å². The highest BCUT2D eigenvalue weighted by molar-refractivity contribution is 6.05. The third kappa shape index (κ3) is 2.87. The first-order chi connectivity index (χ1) is 10.9. The summed E-state index contributed by atoms with van der Waals surface area (Å²) in [6.45, 7) is 1.93. The van der Waals surface area contributed by atoms with Crippen molar-refractivity contribution in [2.24, 2.45) is 0 Å². The maximum Gasteiger partial charge on any atom is 0.267 e. The van der Waals surface area contributed by atoms with Gasteiger partial charge in [-0.2, -0.15) is 0 Å². The number of nitrogens with zero attached hydrogens (tertiary/aromatic N) is 2. The van der Waals surface area contributed by atoms with E-state index >= 15 is 0 Å². The molecule has 2 atom stereocenters. The predicted molar refractivity (Wildman–Crippen MR) is 81.1 cm³/mol. The molecule has 0 aromatic heterocycles. The summed E-state index contributed by atoms with van der Waals surface area (Å²) in [6, 6.07) is 8.03. The van der Waals surface area contributed by atoms with Crippen molar-refractivity contribution in [3.63, 3.8) is 0 Å². The summed E-state index contributed by atoms with van der Waals surface area (Å²) < 4.78 is 29.2. The van der Waals surface area contributed by atoms with Gasteiger partial charge in [0.2, 0.25) is 11.8 Å². The number of imide groups is 1. The minimum absolute atomic E-state index is 0.0127. The Morgan fingerprint density at radius 3 is 2.48 bits per heavy atom. The van der Waals surface area contributed by atoms with E-state index in [1.807, 2.05) is 0 Å². The number of benzene rings is 1. The number of halogens is 2. The first kappa shape index (κ1) is 16.1. The van der Waals surface area contributed by atoms with Gasteiger partial charge in [-0.1, -0.05) is 30.3 Å². The van der Waals surface area contributed by atoms with Gasteiger partial charge >= 0.3 is 0 Å². The van der Waals surface area contributed by atoms with Crippen molar-refractivity contribution in [3.05, 3.63) is 35.9 Å². The summed E-state index contributed by atoms with van der Waals surface area (Å²) in [5, 5.41) is 0. The number of hydrogen-bond acceptors (Lipinski definition) is 3. The molecule has 4 nitrogen and oxygen atoms in total. The Kier molecular flexibility index (Phi) is 4.19. The number of hydrogen-bond donors (Lipinski definition) is 0. The number of amides is 2. The van der Waals surface area contributed by atoms with Crippen LogP contribution in [0.5, 0.6) is 0 Å². The van der Waals surface area contributed by atoms with Crippen LogP contribution in [-0.2, 0) is 9.59 Å². The lowest BCUT2D eigenvalue weighted by atomic mass is 9.85. The zero-order valence-corrected chi connectivity index (χ0v) is 13.0. The lowest BCUT2D eigenvalue weighted by molar-refractivity contribution is -0.141. The largest absolute Gasteiger partial charge is 0.285 e. The summed E-state index contributed by atoms with van der Waals surface area (Å²) in [4.78, 5) is 26.7. The van der Waals surface area contributed by atoms with Crippen molar-refractivity contribution >= 4 is 11.8 Å². The molecule has 0 aliphatic carbocycles. The molecule has 0 radical (unpaired) electrons. The molecule has 1 aromatic carbocycles. The van der Waals surface area contributed by atoms with Crippen molar-refractivity contribution in [1.82, 2.24) is 9.80 Å². The Hall–Kier alpha value is -1.82. The Morgan fingerprint density at radius 1 is 1.22 bits per heavy atom. The van der Waals surface area contributed by atoms with Gasteiger partial charge in [0.1, 0.15) is 0 Å². The molecular weight excluding hydrogens is 302 g/mol. The van der Waals surface area contributed by atoms with Crippen LogP contribution in [0.4, 0.5) is 8.78 Å². The van der Waals surface area contributed by atoms with E-state index in [-0.39, 0.29) is 24.7 Å². The van der Waals surface area contributed by atoms with Crippen LogP contribution >= 0.6 is 0 Å². The van der Waals surface area contributed by atoms with Crippen LogP contribution in [0.2, 0.25) is 0 Å². The summed E-state index contributed by atoms with van der Waals surface area (Å²) in [5.74, 6) is -4.36. The van der Waals surface area contributed by atoms with E-state index in [0.717, 1.165) is 4.90 Å². The van der Waals surface area contributed by atoms with Gasteiger partial charge in [0.25, 0.3) is 5.92 Å². The van der Waals surface area contributed by atoms with Crippen LogP contribution in [0.1, 0.15) is 31.2 Å². The average Bonchev–Trinajstić information content (AvgIpc) is 2.81. The predicted octanol–water partition coefficient (Wildman–Crippen LogP) is 2.26. The van der Waals surface area contributed by atoms with Gasteiger partial charge in [0.15, 0.2) is 0 Å². The van der Waals surface area contributed by atoms with E-state index in [2.05, 4.69) is 0 Å². The minimum Gasteiger partial charge on any atom is -0.285 e. The van der Waals surface area contributed by atoms with Crippen molar-refractivity contribution in [1.29, 1.82) is 0 Å². The molecule has 2 heterocycles. The summed E-state index contributed by atoms with van der Waals surface area (Å²) >= 11 is 0. The monoisotopic (exact) mass is 322 g/mol. The number of likely N-dealkylation sites (N-methyl/N-ethyl adjacent to an activating group) is 1. The topological polar surface area (TPSA) is 40.6 Å². The van der Waals surface area contributed by atoms with E-state index in [1.165, 1.54) is 4.90 Å². The first-order valence-electron chi connectivity index (χ1n) is 7.95. The van der Waals surface area contributed by atoms with Gasteiger partial charge in [-0.3, -0.25) is 19.4 Å². The number of likely N-dealkylation sites (tertiary alicyclic amines) is 2. The quantitative estimate of drug-likeness (QED) is 0.802. The van der Waals surface area contributed by atoms with Crippen LogP contribution in [0.15, 0.2) is 30.3 Å². The molecule has 0 spiro atoms. The Morgan fingerprint density at radius 2 is 1.91 bits per heavy atom. The average molecular weight is 322 g/mol. The van der Waals surface area contributed by atoms with Crippen LogP contribution in [0.25, 0.3) is 0 Å². The second kappa shape index (κ2) is 6.00. The highest BCUT2D eigenvalue weighted by Crippen LogP contribution is 2.41. The zero-order chi connectivity index (χ0) is 16.6. The number of piperidine rings is 1. The standard InChI is InChI=1S/C17H20F2N2O2/c1-2-21-15(22)10-14(16(21)23)20-9-8-13(17(18,19)11-20)12-6-4-3-5-7-12/h3-7,13-14H,2,8-11H2,1H3. The van der Waals surface area contributed by atoms with Gasteiger partial charge in [0, 0.05) is 6.54 Å². The number of carbonyl (C=O) groups is 2.